The Hall–Kier alpha value is -2.33. The Labute approximate surface area is 124 Å². The average Bonchev–Trinajstić information content (AvgIpc) is 2.47. The van der Waals surface area contributed by atoms with E-state index in [4.69, 9.17) is 9.84 Å². The van der Waals surface area contributed by atoms with Gasteiger partial charge >= 0.3 is 5.97 Å². The van der Waals surface area contributed by atoms with Crippen LogP contribution in [-0.2, 0) is 6.54 Å². The fourth-order valence-electron chi connectivity index (χ4n) is 2.05. The van der Waals surface area contributed by atoms with Gasteiger partial charge in [-0.1, -0.05) is 30.3 Å². The summed E-state index contributed by atoms with van der Waals surface area (Å²) in [5.74, 6) is -0.0499. The normalized spacial score (nSPS) is 10.3. The van der Waals surface area contributed by atoms with Gasteiger partial charge in [-0.3, -0.25) is 0 Å². The molecule has 4 heteroatoms. The van der Waals surface area contributed by atoms with Gasteiger partial charge in [0.25, 0.3) is 0 Å². The number of hydrogen-bond donors (Lipinski definition) is 2. The second-order valence-electron chi connectivity index (χ2n) is 4.80. The molecule has 0 amide bonds. The third-order valence-electron chi connectivity index (χ3n) is 3.10. The van der Waals surface area contributed by atoms with Gasteiger partial charge in [-0.25, -0.2) is 4.79 Å². The highest BCUT2D eigenvalue weighted by molar-refractivity contribution is 5.89. The largest absolute Gasteiger partial charge is 0.492 e. The third-order valence-corrected chi connectivity index (χ3v) is 3.10. The molecule has 0 spiro atoms. The summed E-state index contributed by atoms with van der Waals surface area (Å²) in [7, 11) is 0. The summed E-state index contributed by atoms with van der Waals surface area (Å²) in [5, 5.41) is 12.3. The minimum Gasteiger partial charge on any atom is -0.492 e. The summed E-state index contributed by atoms with van der Waals surface area (Å²) in [4.78, 5) is 11.1. The van der Waals surface area contributed by atoms with Crippen LogP contribution in [0.1, 0.15) is 21.5 Å². The van der Waals surface area contributed by atoms with Gasteiger partial charge in [0.1, 0.15) is 12.4 Å². The number of aromatic carboxylic acids is 1. The lowest BCUT2D eigenvalue weighted by atomic mass is 10.1. The van der Waals surface area contributed by atoms with Crippen molar-refractivity contribution in [1.82, 2.24) is 5.32 Å². The molecule has 2 aromatic rings. The smallest absolute Gasteiger partial charge is 0.336 e. The van der Waals surface area contributed by atoms with Crippen LogP contribution in [0.4, 0.5) is 0 Å². The van der Waals surface area contributed by atoms with E-state index in [1.165, 1.54) is 0 Å². The van der Waals surface area contributed by atoms with E-state index in [0.29, 0.717) is 25.3 Å². The lowest BCUT2D eigenvalue weighted by Gasteiger charge is -2.09. The van der Waals surface area contributed by atoms with Crippen LogP contribution in [0.5, 0.6) is 5.75 Å². The first-order valence-electron chi connectivity index (χ1n) is 6.88. The number of carbonyl (C=O) groups is 1. The number of carboxylic acids is 1. The molecule has 0 bridgehead atoms. The minimum atomic E-state index is -0.900. The lowest BCUT2D eigenvalue weighted by molar-refractivity contribution is 0.0695. The average molecular weight is 285 g/mol. The highest BCUT2D eigenvalue weighted by atomic mass is 16.5. The highest BCUT2D eigenvalue weighted by Crippen LogP contribution is 2.12. The summed E-state index contributed by atoms with van der Waals surface area (Å²) in [6.07, 6.45) is 0. The maximum Gasteiger partial charge on any atom is 0.336 e. The standard InChI is InChI=1S/C17H19NO3/c1-13-5-4-7-15(11-13)21-10-9-18-12-14-6-2-3-8-16(14)17(19)20/h2-8,11,18H,9-10,12H2,1H3,(H,19,20). The molecule has 4 nitrogen and oxygen atoms in total. The van der Waals surface area contributed by atoms with Crippen molar-refractivity contribution in [2.45, 2.75) is 13.5 Å². The van der Waals surface area contributed by atoms with Crippen molar-refractivity contribution < 1.29 is 14.6 Å². The van der Waals surface area contributed by atoms with Crippen molar-refractivity contribution in [3.05, 3.63) is 65.2 Å². The fraction of sp³-hybridized carbons (Fsp3) is 0.235. The molecule has 0 aliphatic rings. The molecule has 0 radical (unpaired) electrons. The number of rotatable bonds is 7. The first kappa shape index (κ1) is 15.1. The van der Waals surface area contributed by atoms with Crippen molar-refractivity contribution >= 4 is 5.97 Å². The zero-order chi connectivity index (χ0) is 15.1. The topological polar surface area (TPSA) is 58.6 Å². The molecule has 0 fully saturated rings. The summed E-state index contributed by atoms with van der Waals surface area (Å²) in [6.45, 7) is 3.73. The quantitative estimate of drug-likeness (QED) is 0.768. The van der Waals surface area contributed by atoms with Gasteiger partial charge in [0.2, 0.25) is 0 Å². The van der Waals surface area contributed by atoms with Gasteiger partial charge in [0.15, 0.2) is 0 Å². The molecule has 2 aromatic carbocycles. The molecule has 0 aliphatic heterocycles. The van der Waals surface area contributed by atoms with Crippen LogP contribution in [0, 0.1) is 6.92 Å². The van der Waals surface area contributed by atoms with Gasteiger partial charge in [0, 0.05) is 13.1 Å². The number of aryl methyl sites for hydroxylation is 1. The number of benzene rings is 2. The summed E-state index contributed by atoms with van der Waals surface area (Å²) in [6, 6.07) is 14.9. The second-order valence-corrected chi connectivity index (χ2v) is 4.80. The monoisotopic (exact) mass is 285 g/mol. The van der Waals surface area contributed by atoms with Gasteiger partial charge < -0.3 is 15.2 Å². The second kappa shape index (κ2) is 7.45. The molecule has 0 aliphatic carbocycles. The Bertz CT molecular complexity index is 610. The predicted molar refractivity (Wildman–Crippen MR) is 81.8 cm³/mol. The first-order chi connectivity index (χ1) is 10.2. The number of ether oxygens (including phenoxy) is 1. The predicted octanol–water partition coefficient (Wildman–Crippen LogP) is 2.86. The Morgan fingerprint density at radius 1 is 1.19 bits per heavy atom. The van der Waals surface area contributed by atoms with Crippen LogP contribution in [-0.4, -0.2) is 24.2 Å². The van der Waals surface area contributed by atoms with E-state index in [1.807, 2.05) is 43.3 Å². The van der Waals surface area contributed by atoms with Crippen molar-refractivity contribution in [3.8, 4) is 5.75 Å². The van der Waals surface area contributed by atoms with E-state index >= 15 is 0 Å². The molecule has 0 heterocycles. The molecule has 0 aromatic heterocycles. The van der Waals surface area contributed by atoms with Gasteiger partial charge in [0.05, 0.1) is 5.56 Å². The molecule has 0 atom stereocenters. The van der Waals surface area contributed by atoms with E-state index in [1.54, 1.807) is 12.1 Å². The SMILES string of the molecule is Cc1cccc(OCCNCc2ccccc2C(=O)O)c1. The fourth-order valence-corrected chi connectivity index (χ4v) is 2.05. The zero-order valence-electron chi connectivity index (χ0n) is 12.0. The van der Waals surface area contributed by atoms with Crippen LogP contribution in [0.3, 0.4) is 0 Å². The summed E-state index contributed by atoms with van der Waals surface area (Å²) < 4.78 is 5.62. The van der Waals surface area contributed by atoms with Crippen molar-refractivity contribution in [2.75, 3.05) is 13.2 Å². The van der Waals surface area contributed by atoms with E-state index in [2.05, 4.69) is 5.32 Å². The third kappa shape index (κ3) is 4.61. The van der Waals surface area contributed by atoms with Crippen LogP contribution in [0.25, 0.3) is 0 Å². The van der Waals surface area contributed by atoms with Crippen LogP contribution < -0.4 is 10.1 Å². The first-order valence-corrected chi connectivity index (χ1v) is 6.88. The Balaban J connectivity index is 1.76. The summed E-state index contributed by atoms with van der Waals surface area (Å²) in [5.41, 5.74) is 2.28. The van der Waals surface area contributed by atoms with Gasteiger partial charge in [-0.05, 0) is 36.2 Å². The van der Waals surface area contributed by atoms with E-state index in [0.717, 1.165) is 16.9 Å². The van der Waals surface area contributed by atoms with E-state index < -0.39 is 5.97 Å². The number of carboxylic acid groups (broad SMARTS) is 1. The molecule has 2 rings (SSSR count). The van der Waals surface area contributed by atoms with Crippen LogP contribution in [0.15, 0.2) is 48.5 Å². The van der Waals surface area contributed by atoms with Gasteiger partial charge in [-0.15, -0.1) is 0 Å². The lowest BCUT2D eigenvalue weighted by Crippen LogP contribution is -2.21. The molecule has 0 unspecified atom stereocenters. The Morgan fingerprint density at radius 2 is 2.00 bits per heavy atom. The Morgan fingerprint density at radius 3 is 2.76 bits per heavy atom. The minimum absolute atomic E-state index is 0.338. The van der Waals surface area contributed by atoms with Crippen molar-refractivity contribution in [1.29, 1.82) is 0 Å². The molecule has 2 N–H and O–H groups in total. The molecule has 0 saturated carbocycles. The highest BCUT2D eigenvalue weighted by Gasteiger charge is 2.07. The van der Waals surface area contributed by atoms with E-state index in [9.17, 15) is 4.79 Å². The molecule has 110 valence electrons. The van der Waals surface area contributed by atoms with Gasteiger partial charge in [-0.2, -0.15) is 0 Å². The maximum atomic E-state index is 11.1. The van der Waals surface area contributed by atoms with Crippen LogP contribution in [0.2, 0.25) is 0 Å². The summed E-state index contributed by atoms with van der Waals surface area (Å²) >= 11 is 0. The molecule has 0 saturated heterocycles. The number of nitrogens with one attached hydrogen (secondary N) is 1. The number of hydrogen-bond acceptors (Lipinski definition) is 3. The molecular weight excluding hydrogens is 266 g/mol. The van der Waals surface area contributed by atoms with Crippen molar-refractivity contribution in [3.63, 3.8) is 0 Å². The van der Waals surface area contributed by atoms with E-state index in [-0.39, 0.29) is 0 Å². The zero-order valence-corrected chi connectivity index (χ0v) is 12.0. The van der Waals surface area contributed by atoms with Crippen molar-refractivity contribution in [2.24, 2.45) is 0 Å². The maximum absolute atomic E-state index is 11.1. The Kier molecular flexibility index (Phi) is 5.35. The molecular formula is C17H19NO3. The molecule has 21 heavy (non-hydrogen) atoms. The van der Waals surface area contributed by atoms with Crippen LogP contribution >= 0.6 is 0 Å².